The van der Waals surface area contributed by atoms with Crippen LogP contribution in [0.4, 0.5) is 0 Å². The number of carbonyl (C=O) groups excluding carboxylic acids is 1. The Bertz CT molecular complexity index is 1460. The monoisotopic (exact) mass is 475 g/mol. The maximum Gasteiger partial charge on any atom is 0.339 e. The molecule has 0 saturated carbocycles. The molecule has 1 amide bonds. The van der Waals surface area contributed by atoms with Gasteiger partial charge in [-0.15, -0.1) is 0 Å². The number of carboxylic acids is 1. The molecule has 182 valence electrons. The SMILES string of the molecule is CC[C@H](C)[C@H](NC(=O)CCc1c(C)c2cc3c(-c4ccccc4)c(C)oc3cc2oc1=O)C(=O)O. The van der Waals surface area contributed by atoms with Crippen LogP contribution in [-0.2, 0) is 16.0 Å². The number of rotatable bonds is 8. The number of fused-ring (bicyclic) bond motifs is 2. The number of carbonyl (C=O) groups is 2. The lowest BCUT2D eigenvalue weighted by Gasteiger charge is -2.20. The van der Waals surface area contributed by atoms with Gasteiger partial charge in [0.05, 0.1) is 0 Å². The molecule has 2 N–H and O–H groups in total. The van der Waals surface area contributed by atoms with Gasteiger partial charge in [-0.3, -0.25) is 4.79 Å². The minimum absolute atomic E-state index is 0.0142. The van der Waals surface area contributed by atoms with Crippen LogP contribution in [0.3, 0.4) is 0 Å². The minimum Gasteiger partial charge on any atom is -0.480 e. The first-order chi connectivity index (χ1) is 16.7. The highest BCUT2D eigenvalue weighted by Gasteiger charge is 2.25. The molecule has 0 radical (unpaired) electrons. The van der Waals surface area contributed by atoms with Crippen LogP contribution in [-0.4, -0.2) is 23.0 Å². The van der Waals surface area contributed by atoms with Crippen molar-refractivity contribution in [3.8, 4) is 11.1 Å². The average molecular weight is 476 g/mol. The summed E-state index contributed by atoms with van der Waals surface area (Å²) in [6, 6.07) is 12.7. The van der Waals surface area contributed by atoms with Crippen LogP contribution in [0.15, 0.2) is 56.1 Å². The number of aryl methyl sites for hydroxylation is 2. The number of nitrogens with one attached hydrogen (secondary N) is 1. The van der Waals surface area contributed by atoms with E-state index in [1.54, 1.807) is 13.0 Å². The Morgan fingerprint density at radius 3 is 2.37 bits per heavy atom. The fourth-order valence-corrected chi connectivity index (χ4v) is 4.52. The molecule has 4 aromatic rings. The van der Waals surface area contributed by atoms with E-state index in [1.807, 2.05) is 57.2 Å². The molecule has 2 aromatic heterocycles. The van der Waals surface area contributed by atoms with Crippen LogP contribution in [0.25, 0.3) is 33.1 Å². The van der Waals surface area contributed by atoms with E-state index in [1.165, 1.54) is 0 Å². The first-order valence-corrected chi connectivity index (χ1v) is 11.8. The third kappa shape index (κ3) is 4.71. The van der Waals surface area contributed by atoms with Crippen molar-refractivity contribution in [1.29, 1.82) is 0 Å². The Kier molecular flexibility index (Phi) is 6.78. The predicted molar refractivity (Wildman–Crippen MR) is 135 cm³/mol. The first kappa shape index (κ1) is 24.3. The van der Waals surface area contributed by atoms with Crippen molar-refractivity contribution in [2.45, 2.75) is 53.0 Å². The van der Waals surface area contributed by atoms with E-state index in [2.05, 4.69) is 5.32 Å². The summed E-state index contributed by atoms with van der Waals surface area (Å²) in [5.74, 6) is -0.914. The summed E-state index contributed by atoms with van der Waals surface area (Å²) in [7, 11) is 0. The second-order valence-electron chi connectivity index (χ2n) is 9.01. The summed E-state index contributed by atoms with van der Waals surface area (Å²) in [4.78, 5) is 36.8. The molecule has 0 unspecified atom stereocenters. The highest BCUT2D eigenvalue weighted by atomic mass is 16.4. The van der Waals surface area contributed by atoms with E-state index in [4.69, 9.17) is 8.83 Å². The summed E-state index contributed by atoms with van der Waals surface area (Å²) >= 11 is 0. The Labute approximate surface area is 202 Å². The fourth-order valence-electron chi connectivity index (χ4n) is 4.52. The Balaban J connectivity index is 1.68. The number of hydrogen-bond acceptors (Lipinski definition) is 5. The van der Waals surface area contributed by atoms with Gasteiger partial charge < -0.3 is 19.3 Å². The Hall–Kier alpha value is -3.87. The van der Waals surface area contributed by atoms with Crippen molar-refractivity contribution in [3.63, 3.8) is 0 Å². The topological polar surface area (TPSA) is 110 Å². The van der Waals surface area contributed by atoms with Gasteiger partial charge >= 0.3 is 11.6 Å². The van der Waals surface area contributed by atoms with Gasteiger partial charge in [0, 0.05) is 34.4 Å². The third-order valence-electron chi connectivity index (χ3n) is 6.73. The van der Waals surface area contributed by atoms with Crippen molar-refractivity contribution in [3.05, 3.63) is 69.8 Å². The second kappa shape index (κ2) is 9.78. The van der Waals surface area contributed by atoms with Gasteiger partial charge in [0.15, 0.2) is 0 Å². The van der Waals surface area contributed by atoms with Gasteiger partial charge in [0.2, 0.25) is 5.91 Å². The maximum absolute atomic E-state index is 12.8. The summed E-state index contributed by atoms with van der Waals surface area (Å²) in [5, 5.41) is 13.7. The van der Waals surface area contributed by atoms with E-state index >= 15 is 0 Å². The van der Waals surface area contributed by atoms with Crippen molar-refractivity contribution >= 4 is 33.8 Å². The molecule has 0 saturated heterocycles. The van der Waals surface area contributed by atoms with Crippen molar-refractivity contribution < 1.29 is 23.5 Å². The number of hydrogen-bond donors (Lipinski definition) is 2. The molecule has 7 heteroatoms. The normalized spacial score (nSPS) is 13.1. The molecule has 35 heavy (non-hydrogen) atoms. The van der Waals surface area contributed by atoms with Gasteiger partial charge in [0.1, 0.15) is 23.0 Å². The van der Waals surface area contributed by atoms with Crippen LogP contribution in [0, 0.1) is 19.8 Å². The molecule has 0 bridgehead atoms. The highest BCUT2D eigenvalue weighted by molar-refractivity contribution is 6.03. The van der Waals surface area contributed by atoms with Crippen LogP contribution >= 0.6 is 0 Å². The van der Waals surface area contributed by atoms with Crippen LogP contribution in [0.2, 0.25) is 0 Å². The summed E-state index contributed by atoms with van der Waals surface area (Å²) < 4.78 is 11.6. The van der Waals surface area contributed by atoms with E-state index < -0.39 is 23.5 Å². The zero-order valence-corrected chi connectivity index (χ0v) is 20.3. The molecule has 7 nitrogen and oxygen atoms in total. The minimum atomic E-state index is -1.07. The molecular weight excluding hydrogens is 446 g/mol. The third-order valence-corrected chi connectivity index (χ3v) is 6.73. The lowest BCUT2D eigenvalue weighted by molar-refractivity contribution is -0.143. The first-order valence-electron chi connectivity index (χ1n) is 11.8. The predicted octanol–water partition coefficient (Wildman–Crippen LogP) is 5.37. The molecule has 2 heterocycles. The number of furan rings is 1. The Morgan fingerprint density at radius 2 is 1.71 bits per heavy atom. The molecule has 0 aliphatic rings. The number of benzene rings is 2. The van der Waals surface area contributed by atoms with Gasteiger partial charge in [-0.1, -0.05) is 50.6 Å². The van der Waals surface area contributed by atoms with Crippen LogP contribution in [0.1, 0.15) is 43.6 Å². The van der Waals surface area contributed by atoms with Crippen molar-refractivity contribution in [2.24, 2.45) is 5.92 Å². The summed E-state index contributed by atoms with van der Waals surface area (Å²) in [5.41, 5.74) is 3.70. The van der Waals surface area contributed by atoms with Crippen molar-refractivity contribution in [2.75, 3.05) is 0 Å². The average Bonchev–Trinajstić information content (AvgIpc) is 3.15. The van der Waals surface area contributed by atoms with E-state index in [9.17, 15) is 19.5 Å². The highest BCUT2D eigenvalue weighted by Crippen LogP contribution is 2.37. The number of amides is 1. The molecule has 0 aliphatic heterocycles. The molecule has 4 rings (SSSR count). The lowest BCUT2D eigenvalue weighted by atomic mass is 9.97. The van der Waals surface area contributed by atoms with Gasteiger partial charge in [-0.05, 0) is 43.4 Å². The molecule has 0 fully saturated rings. The summed E-state index contributed by atoms with van der Waals surface area (Å²) in [6.07, 6.45) is 0.758. The molecule has 0 aliphatic carbocycles. The van der Waals surface area contributed by atoms with E-state index in [0.29, 0.717) is 23.2 Å². The summed E-state index contributed by atoms with van der Waals surface area (Å²) in [6.45, 7) is 7.40. The molecule has 0 spiro atoms. The largest absolute Gasteiger partial charge is 0.480 e. The van der Waals surface area contributed by atoms with Crippen LogP contribution in [0.5, 0.6) is 0 Å². The van der Waals surface area contributed by atoms with Gasteiger partial charge in [0.25, 0.3) is 0 Å². The van der Waals surface area contributed by atoms with Crippen LogP contribution < -0.4 is 10.9 Å². The van der Waals surface area contributed by atoms with Gasteiger partial charge in [-0.2, -0.15) is 0 Å². The lowest BCUT2D eigenvalue weighted by Crippen LogP contribution is -2.45. The fraction of sp³-hybridized carbons (Fsp3) is 0.321. The molecule has 2 atom stereocenters. The Morgan fingerprint density at radius 1 is 1.03 bits per heavy atom. The second-order valence-corrected chi connectivity index (χ2v) is 9.01. The standard InChI is InChI=1S/C28H29NO6/c1-5-15(2)26(27(31)32)29-24(30)12-11-19-16(3)20-13-21-23(14-22(20)35-28(19)33)34-17(4)25(21)18-9-7-6-8-10-18/h6-10,13-15,26H,5,11-12H2,1-4H3,(H,29,30)(H,31,32)/t15-,26-/m0/s1. The zero-order valence-electron chi connectivity index (χ0n) is 20.3. The van der Waals surface area contributed by atoms with E-state index in [0.717, 1.165) is 33.2 Å². The molecular formula is C28H29NO6. The smallest absolute Gasteiger partial charge is 0.339 e. The number of aliphatic carboxylic acids is 1. The van der Waals surface area contributed by atoms with Crippen molar-refractivity contribution in [1.82, 2.24) is 5.32 Å². The van der Waals surface area contributed by atoms with E-state index in [-0.39, 0.29) is 18.8 Å². The zero-order chi connectivity index (χ0) is 25.3. The molecule has 2 aromatic carbocycles. The maximum atomic E-state index is 12.8. The quantitative estimate of drug-likeness (QED) is 0.332. The van der Waals surface area contributed by atoms with Gasteiger partial charge in [-0.25, -0.2) is 9.59 Å². The number of carboxylic acid groups (broad SMARTS) is 1.